The van der Waals surface area contributed by atoms with Gasteiger partial charge in [0.1, 0.15) is 0 Å². The van der Waals surface area contributed by atoms with E-state index in [4.69, 9.17) is 5.11 Å². The summed E-state index contributed by atoms with van der Waals surface area (Å²) in [5.74, 6) is -0.835. The maximum Gasteiger partial charge on any atom is 0.317 e. The van der Waals surface area contributed by atoms with E-state index < -0.39 is 5.97 Å². The fourth-order valence-corrected chi connectivity index (χ4v) is 1.97. The van der Waals surface area contributed by atoms with Crippen molar-refractivity contribution in [3.63, 3.8) is 0 Å². The normalized spacial score (nSPS) is 10.6. The molecule has 0 atom stereocenters. The van der Waals surface area contributed by atoms with Crippen molar-refractivity contribution in [2.45, 2.75) is 45.7 Å². The van der Waals surface area contributed by atoms with Gasteiger partial charge in [-0.15, -0.1) is 0 Å². The maximum absolute atomic E-state index is 12.1. The van der Waals surface area contributed by atoms with E-state index >= 15 is 0 Å². The Labute approximate surface area is 124 Å². The van der Waals surface area contributed by atoms with Crippen LogP contribution in [0, 0.1) is 0 Å². The van der Waals surface area contributed by atoms with E-state index in [9.17, 15) is 9.59 Å². The third-order valence-corrected chi connectivity index (χ3v) is 3.07. The van der Waals surface area contributed by atoms with E-state index in [0.717, 1.165) is 13.0 Å². The molecular formula is C14H24N4O3. The van der Waals surface area contributed by atoms with Gasteiger partial charge >= 0.3 is 12.0 Å². The van der Waals surface area contributed by atoms with Crippen molar-refractivity contribution in [1.29, 1.82) is 0 Å². The van der Waals surface area contributed by atoms with Gasteiger partial charge in [0.05, 0.1) is 0 Å². The summed E-state index contributed by atoms with van der Waals surface area (Å²) in [5, 5.41) is 15.6. The predicted octanol–water partition coefficient (Wildman–Crippen LogP) is 1.56. The van der Waals surface area contributed by atoms with Crippen LogP contribution in [-0.2, 0) is 11.3 Å². The second-order valence-electron chi connectivity index (χ2n) is 5.14. The van der Waals surface area contributed by atoms with Gasteiger partial charge < -0.3 is 15.3 Å². The number of urea groups is 1. The van der Waals surface area contributed by atoms with Crippen molar-refractivity contribution < 1.29 is 14.7 Å². The summed E-state index contributed by atoms with van der Waals surface area (Å²) in [6, 6.07) is 1.77. The lowest BCUT2D eigenvalue weighted by atomic mass is 10.2. The first-order valence-corrected chi connectivity index (χ1v) is 7.24. The van der Waals surface area contributed by atoms with Crippen molar-refractivity contribution in [3.05, 3.63) is 18.5 Å². The zero-order valence-corrected chi connectivity index (χ0v) is 12.7. The fraction of sp³-hybridized carbons (Fsp3) is 0.643. The number of aliphatic carboxylic acids is 1. The second-order valence-corrected chi connectivity index (χ2v) is 5.14. The van der Waals surface area contributed by atoms with E-state index in [1.54, 1.807) is 11.1 Å². The Balaban J connectivity index is 2.26. The van der Waals surface area contributed by atoms with E-state index in [1.807, 2.05) is 30.8 Å². The Kier molecular flexibility index (Phi) is 7.28. The molecule has 7 heteroatoms. The van der Waals surface area contributed by atoms with Crippen molar-refractivity contribution in [2.75, 3.05) is 13.1 Å². The molecule has 0 fully saturated rings. The number of rotatable bonds is 9. The molecule has 2 N–H and O–H groups in total. The Morgan fingerprint density at radius 3 is 2.71 bits per heavy atom. The molecule has 118 valence electrons. The molecule has 2 amide bonds. The largest absolute Gasteiger partial charge is 0.481 e. The molecule has 0 aliphatic rings. The molecule has 0 aliphatic carbocycles. The highest BCUT2D eigenvalue weighted by Gasteiger charge is 2.16. The number of carboxylic acids is 1. The van der Waals surface area contributed by atoms with Gasteiger partial charge in [-0.05, 0) is 32.8 Å². The molecule has 0 saturated heterocycles. The van der Waals surface area contributed by atoms with Crippen LogP contribution in [0.25, 0.3) is 0 Å². The molecule has 0 unspecified atom stereocenters. The number of carbonyl (C=O) groups is 2. The number of nitrogens with zero attached hydrogens (tertiary/aromatic N) is 3. The van der Waals surface area contributed by atoms with Gasteiger partial charge in [-0.1, -0.05) is 0 Å². The molecule has 1 rings (SSSR count). The molecular weight excluding hydrogens is 272 g/mol. The highest BCUT2D eigenvalue weighted by Crippen LogP contribution is 2.02. The number of carboxylic acid groups (broad SMARTS) is 1. The molecule has 1 heterocycles. The Morgan fingerprint density at radius 1 is 1.38 bits per heavy atom. The predicted molar refractivity (Wildman–Crippen MR) is 79.0 cm³/mol. The van der Waals surface area contributed by atoms with Crippen molar-refractivity contribution >= 4 is 12.0 Å². The number of carbonyl (C=O) groups excluding carboxylic acids is 1. The average Bonchev–Trinajstić information content (AvgIpc) is 2.92. The summed E-state index contributed by atoms with van der Waals surface area (Å²) in [7, 11) is 0. The third-order valence-electron chi connectivity index (χ3n) is 3.07. The number of amides is 2. The lowest BCUT2D eigenvalue weighted by molar-refractivity contribution is -0.137. The van der Waals surface area contributed by atoms with E-state index in [0.29, 0.717) is 19.5 Å². The molecule has 0 aliphatic heterocycles. The second kappa shape index (κ2) is 8.99. The smallest absolute Gasteiger partial charge is 0.317 e. The lowest BCUT2D eigenvalue weighted by Gasteiger charge is -2.26. The van der Waals surface area contributed by atoms with Crippen LogP contribution < -0.4 is 5.32 Å². The Hall–Kier alpha value is -2.05. The van der Waals surface area contributed by atoms with Crippen LogP contribution in [0.2, 0.25) is 0 Å². The Bertz CT molecular complexity index is 431. The van der Waals surface area contributed by atoms with Crippen LogP contribution in [0.1, 0.15) is 33.1 Å². The molecule has 0 bridgehead atoms. The number of hydrogen-bond acceptors (Lipinski definition) is 3. The number of aromatic nitrogens is 2. The zero-order valence-electron chi connectivity index (χ0n) is 12.7. The molecule has 0 spiro atoms. The van der Waals surface area contributed by atoms with Crippen LogP contribution >= 0.6 is 0 Å². The molecule has 1 aromatic heterocycles. The minimum Gasteiger partial charge on any atom is -0.481 e. The molecule has 0 saturated carbocycles. The van der Waals surface area contributed by atoms with E-state index in [1.165, 1.54) is 0 Å². The average molecular weight is 296 g/mol. The minimum atomic E-state index is -0.835. The molecule has 7 nitrogen and oxygen atoms in total. The van der Waals surface area contributed by atoms with Gasteiger partial charge in [0.15, 0.2) is 0 Å². The molecule has 21 heavy (non-hydrogen) atoms. The first kappa shape index (κ1) is 17.0. The topological polar surface area (TPSA) is 87.5 Å². The van der Waals surface area contributed by atoms with Crippen LogP contribution in [0.15, 0.2) is 18.5 Å². The number of hydrogen-bond donors (Lipinski definition) is 2. The minimum absolute atomic E-state index is 0.0462. The van der Waals surface area contributed by atoms with Crippen molar-refractivity contribution in [1.82, 2.24) is 20.0 Å². The zero-order chi connectivity index (χ0) is 15.7. The number of nitrogens with one attached hydrogen (secondary N) is 1. The summed E-state index contributed by atoms with van der Waals surface area (Å²) in [6.07, 6.45) is 4.95. The summed E-state index contributed by atoms with van der Waals surface area (Å²) in [4.78, 5) is 24.2. The van der Waals surface area contributed by atoms with Gasteiger partial charge in [0, 0.05) is 44.5 Å². The molecule has 0 aromatic carbocycles. The van der Waals surface area contributed by atoms with Gasteiger partial charge in [0.2, 0.25) is 0 Å². The van der Waals surface area contributed by atoms with E-state index in [2.05, 4.69) is 10.4 Å². The van der Waals surface area contributed by atoms with Crippen molar-refractivity contribution in [2.24, 2.45) is 0 Å². The summed E-state index contributed by atoms with van der Waals surface area (Å²) >= 11 is 0. The van der Waals surface area contributed by atoms with E-state index in [-0.39, 0.29) is 18.5 Å². The number of aryl methyl sites for hydroxylation is 1. The van der Waals surface area contributed by atoms with Crippen LogP contribution in [0.4, 0.5) is 4.79 Å². The first-order chi connectivity index (χ1) is 10.0. The highest BCUT2D eigenvalue weighted by atomic mass is 16.4. The SMILES string of the molecule is CC(C)N(CCCC(=O)O)C(=O)NCCCn1cccn1. The standard InChI is InChI=1S/C14H24N4O3/c1-12(2)18(11-3-6-13(19)20)14(21)15-7-4-9-17-10-5-8-16-17/h5,8,10,12H,3-4,6-7,9,11H2,1-2H3,(H,15,21)(H,19,20). The van der Waals surface area contributed by atoms with Crippen LogP contribution in [0.3, 0.4) is 0 Å². The fourth-order valence-electron chi connectivity index (χ4n) is 1.97. The van der Waals surface area contributed by atoms with Gasteiger partial charge in [-0.3, -0.25) is 9.48 Å². The lowest BCUT2D eigenvalue weighted by Crippen LogP contribution is -2.45. The maximum atomic E-state index is 12.1. The Morgan fingerprint density at radius 2 is 2.14 bits per heavy atom. The monoisotopic (exact) mass is 296 g/mol. The van der Waals surface area contributed by atoms with Gasteiger partial charge in [-0.25, -0.2) is 4.79 Å². The van der Waals surface area contributed by atoms with Crippen LogP contribution in [-0.4, -0.2) is 50.9 Å². The molecule has 0 radical (unpaired) electrons. The summed E-state index contributed by atoms with van der Waals surface area (Å²) < 4.78 is 1.82. The van der Waals surface area contributed by atoms with Crippen LogP contribution in [0.5, 0.6) is 0 Å². The van der Waals surface area contributed by atoms with Crippen molar-refractivity contribution in [3.8, 4) is 0 Å². The first-order valence-electron chi connectivity index (χ1n) is 7.24. The summed E-state index contributed by atoms with van der Waals surface area (Å²) in [6.45, 7) is 5.62. The van der Waals surface area contributed by atoms with Gasteiger partial charge in [0.25, 0.3) is 0 Å². The highest BCUT2D eigenvalue weighted by molar-refractivity contribution is 5.74. The molecule has 1 aromatic rings. The summed E-state index contributed by atoms with van der Waals surface area (Å²) in [5.41, 5.74) is 0. The quantitative estimate of drug-likeness (QED) is 0.677. The van der Waals surface area contributed by atoms with Gasteiger partial charge in [-0.2, -0.15) is 5.10 Å². The third kappa shape index (κ3) is 6.78.